The monoisotopic (exact) mass is 221 g/mol. The quantitative estimate of drug-likeness (QED) is 0.747. The molecule has 0 saturated heterocycles. The van der Waals surface area contributed by atoms with E-state index in [1.807, 2.05) is 6.92 Å². The van der Waals surface area contributed by atoms with Crippen LogP contribution in [0.3, 0.4) is 0 Å². The second-order valence-electron chi connectivity index (χ2n) is 4.09. The molecule has 1 aliphatic carbocycles. The third kappa shape index (κ3) is 1.64. The summed E-state index contributed by atoms with van der Waals surface area (Å²) in [4.78, 5) is 34.0. The molecular formula is C11H11NO4. The molecule has 1 aromatic heterocycles. The third-order valence-corrected chi connectivity index (χ3v) is 2.66. The first-order valence-corrected chi connectivity index (χ1v) is 4.99. The number of primary amides is 1. The minimum atomic E-state index is -0.872. The Morgan fingerprint density at radius 2 is 2.12 bits per heavy atom. The Morgan fingerprint density at radius 3 is 2.75 bits per heavy atom. The Balaban J connectivity index is 2.62. The van der Waals surface area contributed by atoms with E-state index in [0.29, 0.717) is 24.2 Å². The highest BCUT2D eigenvalue weighted by atomic mass is 16.4. The lowest BCUT2D eigenvalue weighted by atomic mass is 9.87. The molecule has 16 heavy (non-hydrogen) atoms. The van der Waals surface area contributed by atoms with E-state index in [1.165, 1.54) is 6.07 Å². The standard InChI is InChI=1S/C11H11NO4/c1-5-2-8(13)6-4-7(10(12)14)11(15)16-9(6)3-5/h4-5H,2-3H2,1H3,(H2,12,14). The highest BCUT2D eigenvalue weighted by Gasteiger charge is 2.26. The van der Waals surface area contributed by atoms with Crippen LogP contribution in [0.5, 0.6) is 0 Å². The number of nitrogens with two attached hydrogens (primary N) is 1. The van der Waals surface area contributed by atoms with Crippen molar-refractivity contribution in [3.8, 4) is 0 Å². The number of Topliss-reactive ketones (excluding diaryl/α,β-unsaturated/α-hetero) is 1. The molecule has 1 unspecified atom stereocenters. The van der Waals surface area contributed by atoms with Gasteiger partial charge < -0.3 is 10.2 Å². The molecule has 0 saturated carbocycles. The van der Waals surface area contributed by atoms with Gasteiger partial charge in [-0.25, -0.2) is 4.79 Å². The van der Waals surface area contributed by atoms with E-state index in [4.69, 9.17) is 10.2 Å². The maximum Gasteiger partial charge on any atom is 0.348 e. The molecular weight excluding hydrogens is 210 g/mol. The molecule has 2 rings (SSSR count). The molecule has 0 fully saturated rings. The fourth-order valence-electron chi connectivity index (χ4n) is 1.88. The van der Waals surface area contributed by atoms with Gasteiger partial charge in [0.2, 0.25) is 0 Å². The number of fused-ring (bicyclic) bond motifs is 1. The molecule has 2 N–H and O–H groups in total. The van der Waals surface area contributed by atoms with Crippen LogP contribution >= 0.6 is 0 Å². The molecule has 1 amide bonds. The van der Waals surface area contributed by atoms with Crippen molar-refractivity contribution in [2.45, 2.75) is 19.8 Å². The molecule has 1 aliphatic rings. The molecule has 0 bridgehead atoms. The number of rotatable bonds is 1. The zero-order valence-corrected chi connectivity index (χ0v) is 8.78. The van der Waals surface area contributed by atoms with Crippen LogP contribution in [0.2, 0.25) is 0 Å². The van der Waals surface area contributed by atoms with Crippen molar-refractivity contribution >= 4 is 11.7 Å². The molecule has 1 atom stereocenters. The van der Waals surface area contributed by atoms with Crippen LogP contribution in [0.25, 0.3) is 0 Å². The topological polar surface area (TPSA) is 90.4 Å². The van der Waals surface area contributed by atoms with Crippen molar-refractivity contribution in [1.29, 1.82) is 0 Å². The number of ketones is 1. The summed E-state index contributed by atoms with van der Waals surface area (Å²) in [5.74, 6) is -0.468. The van der Waals surface area contributed by atoms with Gasteiger partial charge in [0.1, 0.15) is 11.3 Å². The van der Waals surface area contributed by atoms with Gasteiger partial charge in [-0.2, -0.15) is 0 Å². The lowest BCUT2D eigenvalue weighted by molar-refractivity contribution is 0.0944. The highest BCUT2D eigenvalue weighted by molar-refractivity contribution is 6.01. The van der Waals surface area contributed by atoms with Crippen LogP contribution < -0.4 is 11.4 Å². The van der Waals surface area contributed by atoms with Crippen LogP contribution in [0.1, 0.15) is 39.8 Å². The van der Waals surface area contributed by atoms with Crippen LogP contribution in [0.4, 0.5) is 0 Å². The summed E-state index contributed by atoms with van der Waals surface area (Å²) in [6.07, 6.45) is 0.939. The van der Waals surface area contributed by atoms with Gasteiger partial charge in [0.25, 0.3) is 5.91 Å². The highest BCUT2D eigenvalue weighted by Crippen LogP contribution is 2.24. The second-order valence-corrected chi connectivity index (χ2v) is 4.09. The smallest absolute Gasteiger partial charge is 0.348 e. The molecule has 5 heteroatoms. The first-order valence-electron chi connectivity index (χ1n) is 4.99. The Morgan fingerprint density at radius 1 is 1.44 bits per heavy atom. The normalized spacial score (nSPS) is 19.3. The lowest BCUT2D eigenvalue weighted by Crippen LogP contribution is -2.26. The van der Waals surface area contributed by atoms with Gasteiger partial charge in [-0.05, 0) is 12.0 Å². The number of carbonyl (C=O) groups excluding carboxylic acids is 2. The van der Waals surface area contributed by atoms with Crippen molar-refractivity contribution < 1.29 is 14.0 Å². The van der Waals surface area contributed by atoms with E-state index in [1.54, 1.807) is 0 Å². The van der Waals surface area contributed by atoms with E-state index >= 15 is 0 Å². The van der Waals surface area contributed by atoms with Crippen LogP contribution in [0.15, 0.2) is 15.3 Å². The van der Waals surface area contributed by atoms with E-state index in [2.05, 4.69) is 0 Å². The second kappa shape index (κ2) is 3.59. The summed E-state index contributed by atoms with van der Waals surface area (Å²) in [7, 11) is 0. The van der Waals surface area contributed by atoms with E-state index in [-0.39, 0.29) is 17.3 Å². The Hall–Kier alpha value is -1.91. The first kappa shape index (κ1) is 10.6. The Bertz CT molecular complexity index is 529. The molecule has 5 nitrogen and oxygen atoms in total. The van der Waals surface area contributed by atoms with Crippen LogP contribution in [-0.4, -0.2) is 11.7 Å². The van der Waals surface area contributed by atoms with Crippen molar-refractivity contribution in [1.82, 2.24) is 0 Å². The predicted molar refractivity (Wildman–Crippen MR) is 55.3 cm³/mol. The third-order valence-electron chi connectivity index (χ3n) is 2.66. The number of carbonyl (C=O) groups is 2. The molecule has 0 aromatic carbocycles. The molecule has 0 aliphatic heterocycles. The average molecular weight is 221 g/mol. The van der Waals surface area contributed by atoms with Crippen molar-refractivity contribution in [3.05, 3.63) is 33.4 Å². The Labute approximate surface area is 91.2 Å². The summed E-state index contributed by atoms with van der Waals surface area (Å²) in [5.41, 5.74) is 4.29. The van der Waals surface area contributed by atoms with E-state index < -0.39 is 11.5 Å². The summed E-state index contributed by atoms with van der Waals surface area (Å²) in [6.45, 7) is 1.91. The zero-order valence-electron chi connectivity index (χ0n) is 8.78. The number of hydrogen-bond donors (Lipinski definition) is 1. The van der Waals surface area contributed by atoms with E-state index in [0.717, 1.165) is 0 Å². The molecule has 1 heterocycles. The number of amides is 1. The molecule has 84 valence electrons. The minimum Gasteiger partial charge on any atom is -0.427 e. The SMILES string of the molecule is CC1CC(=O)c2cc(C(N)=O)c(=O)oc2C1. The summed E-state index contributed by atoms with van der Waals surface area (Å²) in [5, 5.41) is 0. The largest absolute Gasteiger partial charge is 0.427 e. The van der Waals surface area contributed by atoms with Gasteiger partial charge in [0, 0.05) is 12.8 Å². The Kier molecular flexibility index (Phi) is 2.38. The molecule has 0 spiro atoms. The van der Waals surface area contributed by atoms with Gasteiger partial charge in [0.05, 0.1) is 5.56 Å². The van der Waals surface area contributed by atoms with Crippen LogP contribution in [-0.2, 0) is 6.42 Å². The minimum absolute atomic E-state index is 0.111. The molecule has 1 aromatic rings. The van der Waals surface area contributed by atoms with Crippen molar-refractivity contribution in [2.24, 2.45) is 11.7 Å². The predicted octanol–water partition coefficient (Wildman–Crippen LogP) is 0.504. The van der Waals surface area contributed by atoms with Gasteiger partial charge in [-0.1, -0.05) is 6.92 Å². The number of hydrogen-bond acceptors (Lipinski definition) is 4. The molecule has 0 radical (unpaired) electrons. The van der Waals surface area contributed by atoms with Gasteiger partial charge in [0.15, 0.2) is 5.78 Å². The summed E-state index contributed by atoms with van der Waals surface area (Å²) < 4.78 is 4.96. The zero-order chi connectivity index (χ0) is 11.9. The van der Waals surface area contributed by atoms with Crippen molar-refractivity contribution in [2.75, 3.05) is 0 Å². The first-order chi connectivity index (χ1) is 7.49. The van der Waals surface area contributed by atoms with Crippen molar-refractivity contribution in [3.63, 3.8) is 0 Å². The lowest BCUT2D eigenvalue weighted by Gasteiger charge is -2.18. The van der Waals surface area contributed by atoms with E-state index in [9.17, 15) is 14.4 Å². The van der Waals surface area contributed by atoms with Gasteiger partial charge in [-0.3, -0.25) is 9.59 Å². The fraction of sp³-hybridized carbons (Fsp3) is 0.364. The maximum atomic E-state index is 11.7. The average Bonchev–Trinajstić information content (AvgIpc) is 2.15. The summed E-state index contributed by atoms with van der Waals surface area (Å²) in [6, 6.07) is 1.25. The van der Waals surface area contributed by atoms with Crippen LogP contribution in [0, 0.1) is 5.92 Å². The summed E-state index contributed by atoms with van der Waals surface area (Å²) >= 11 is 0. The van der Waals surface area contributed by atoms with Gasteiger partial charge in [-0.15, -0.1) is 0 Å². The van der Waals surface area contributed by atoms with Gasteiger partial charge >= 0.3 is 5.63 Å². The fourth-order valence-corrected chi connectivity index (χ4v) is 1.88. The maximum absolute atomic E-state index is 11.7.